The average Bonchev–Trinajstić information content (AvgIpc) is 2.90. The number of hydrogen-bond donors (Lipinski definition) is 1. The molecule has 0 bridgehead atoms. The van der Waals surface area contributed by atoms with E-state index in [1.165, 1.54) is 16.3 Å². The summed E-state index contributed by atoms with van der Waals surface area (Å²) in [5.74, 6) is 0. The topological polar surface area (TPSA) is 25.2 Å². The zero-order chi connectivity index (χ0) is 13.9. The molecule has 3 aromatic rings. The van der Waals surface area contributed by atoms with Gasteiger partial charge in [0, 0.05) is 5.56 Å². The van der Waals surface area contributed by atoms with Crippen molar-refractivity contribution in [2.75, 3.05) is 6.54 Å². The molecule has 0 radical (unpaired) electrons. The lowest BCUT2D eigenvalue weighted by atomic mass is 9.98. The molecule has 1 N–H and O–H groups in total. The molecule has 0 saturated heterocycles. The number of benzene rings is 2. The zero-order valence-electron chi connectivity index (χ0n) is 11.3. The third-order valence-corrected chi connectivity index (χ3v) is 4.12. The molecular formula is C17H16BrNO. The fraction of sp³-hybridized carbons (Fsp3) is 0.176. The SMILES string of the molecule is CCNC(c1ccc2ccccc2c1)c1ccoc1Br. The molecule has 0 spiro atoms. The highest BCUT2D eigenvalue weighted by Crippen LogP contribution is 2.31. The van der Waals surface area contributed by atoms with Gasteiger partial charge >= 0.3 is 0 Å². The van der Waals surface area contributed by atoms with Gasteiger partial charge in [-0.1, -0.05) is 43.3 Å². The third kappa shape index (κ3) is 2.51. The quantitative estimate of drug-likeness (QED) is 0.736. The van der Waals surface area contributed by atoms with E-state index in [0.717, 1.165) is 16.8 Å². The summed E-state index contributed by atoms with van der Waals surface area (Å²) in [5, 5.41) is 6.04. The fourth-order valence-electron chi connectivity index (χ4n) is 2.51. The third-order valence-electron chi connectivity index (χ3n) is 3.47. The predicted molar refractivity (Wildman–Crippen MR) is 85.9 cm³/mol. The van der Waals surface area contributed by atoms with Crippen molar-refractivity contribution in [3.8, 4) is 0 Å². The van der Waals surface area contributed by atoms with Gasteiger partial charge < -0.3 is 9.73 Å². The van der Waals surface area contributed by atoms with Crippen molar-refractivity contribution in [3.63, 3.8) is 0 Å². The van der Waals surface area contributed by atoms with E-state index in [2.05, 4.69) is 70.6 Å². The van der Waals surface area contributed by atoms with Crippen LogP contribution < -0.4 is 5.32 Å². The molecule has 1 heterocycles. The molecule has 1 atom stereocenters. The molecule has 0 fully saturated rings. The molecule has 0 aliphatic rings. The Morgan fingerprint density at radius 1 is 1.10 bits per heavy atom. The number of rotatable bonds is 4. The van der Waals surface area contributed by atoms with Crippen molar-refractivity contribution in [2.24, 2.45) is 0 Å². The summed E-state index contributed by atoms with van der Waals surface area (Å²) in [5.41, 5.74) is 2.37. The first kappa shape index (κ1) is 13.4. The molecule has 2 nitrogen and oxygen atoms in total. The molecule has 0 amide bonds. The molecule has 3 heteroatoms. The van der Waals surface area contributed by atoms with E-state index in [4.69, 9.17) is 4.42 Å². The summed E-state index contributed by atoms with van der Waals surface area (Å²) in [6.45, 7) is 3.01. The number of hydrogen-bond acceptors (Lipinski definition) is 2. The van der Waals surface area contributed by atoms with Crippen molar-refractivity contribution < 1.29 is 4.42 Å². The van der Waals surface area contributed by atoms with Crippen LogP contribution in [0.1, 0.15) is 24.1 Å². The highest BCUT2D eigenvalue weighted by atomic mass is 79.9. The van der Waals surface area contributed by atoms with Gasteiger partial charge in [-0.25, -0.2) is 0 Å². The minimum Gasteiger partial charge on any atom is -0.457 e. The summed E-state index contributed by atoms with van der Waals surface area (Å²) in [6, 6.07) is 17.1. The molecule has 102 valence electrons. The van der Waals surface area contributed by atoms with Crippen LogP contribution in [-0.2, 0) is 0 Å². The van der Waals surface area contributed by atoms with Gasteiger partial charge in [0.15, 0.2) is 4.67 Å². The lowest BCUT2D eigenvalue weighted by Gasteiger charge is -2.18. The standard InChI is InChI=1S/C17H16BrNO/c1-2-19-16(15-9-10-20-17(15)18)14-8-7-12-5-3-4-6-13(12)11-14/h3-11,16,19H,2H2,1H3. The highest BCUT2D eigenvalue weighted by Gasteiger charge is 2.18. The van der Waals surface area contributed by atoms with E-state index in [9.17, 15) is 0 Å². The summed E-state index contributed by atoms with van der Waals surface area (Å²) in [7, 11) is 0. The molecule has 0 saturated carbocycles. The molecule has 0 aliphatic heterocycles. The van der Waals surface area contributed by atoms with Gasteiger partial charge in [0.1, 0.15) is 0 Å². The van der Waals surface area contributed by atoms with Crippen LogP contribution in [0.2, 0.25) is 0 Å². The fourth-order valence-corrected chi connectivity index (χ4v) is 2.98. The lowest BCUT2D eigenvalue weighted by molar-refractivity contribution is 0.526. The van der Waals surface area contributed by atoms with Crippen LogP contribution in [0.5, 0.6) is 0 Å². The van der Waals surface area contributed by atoms with Crippen LogP contribution in [-0.4, -0.2) is 6.54 Å². The van der Waals surface area contributed by atoms with Gasteiger partial charge in [0.05, 0.1) is 12.3 Å². The van der Waals surface area contributed by atoms with Gasteiger partial charge in [-0.15, -0.1) is 0 Å². The minimum absolute atomic E-state index is 0.137. The van der Waals surface area contributed by atoms with Gasteiger partial charge in [-0.05, 0) is 50.9 Å². The molecule has 1 aromatic heterocycles. The van der Waals surface area contributed by atoms with Crippen LogP contribution >= 0.6 is 15.9 Å². The lowest BCUT2D eigenvalue weighted by Crippen LogP contribution is -2.21. The number of furan rings is 1. The largest absolute Gasteiger partial charge is 0.457 e. The predicted octanol–water partition coefficient (Wildman–Crippen LogP) is 4.89. The molecular weight excluding hydrogens is 314 g/mol. The maximum Gasteiger partial charge on any atom is 0.174 e. The van der Waals surface area contributed by atoms with E-state index >= 15 is 0 Å². The number of halogens is 1. The monoisotopic (exact) mass is 329 g/mol. The molecule has 2 aromatic carbocycles. The Balaban J connectivity index is 2.07. The highest BCUT2D eigenvalue weighted by molar-refractivity contribution is 9.10. The first-order valence-electron chi connectivity index (χ1n) is 6.74. The van der Waals surface area contributed by atoms with Crippen LogP contribution in [0.15, 0.2) is 63.9 Å². The van der Waals surface area contributed by atoms with Crippen LogP contribution in [0.4, 0.5) is 0 Å². The Kier molecular flexibility index (Phi) is 3.90. The Morgan fingerprint density at radius 2 is 1.90 bits per heavy atom. The molecule has 3 rings (SSSR count). The first-order valence-corrected chi connectivity index (χ1v) is 7.54. The Bertz CT molecular complexity index is 720. The normalized spacial score (nSPS) is 12.7. The summed E-state index contributed by atoms with van der Waals surface area (Å²) in [4.78, 5) is 0. The summed E-state index contributed by atoms with van der Waals surface area (Å²) in [6.07, 6.45) is 1.71. The smallest absolute Gasteiger partial charge is 0.174 e. The van der Waals surface area contributed by atoms with E-state index in [-0.39, 0.29) is 6.04 Å². The Labute approximate surface area is 126 Å². The van der Waals surface area contributed by atoms with Crippen LogP contribution in [0, 0.1) is 0 Å². The van der Waals surface area contributed by atoms with Crippen molar-refractivity contribution in [1.29, 1.82) is 0 Å². The zero-order valence-corrected chi connectivity index (χ0v) is 12.9. The van der Waals surface area contributed by atoms with Crippen molar-refractivity contribution in [1.82, 2.24) is 5.32 Å². The van der Waals surface area contributed by atoms with Crippen molar-refractivity contribution in [2.45, 2.75) is 13.0 Å². The second-order valence-corrected chi connectivity index (χ2v) is 5.47. The van der Waals surface area contributed by atoms with E-state index in [1.54, 1.807) is 6.26 Å². The van der Waals surface area contributed by atoms with Crippen molar-refractivity contribution in [3.05, 3.63) is 70.6 Å². The minimum atomic E-state index is 0.137. The van der Waals surface area contributed by atoms with Gasteiger partial charge in [0.2, 0.25) is 0 Å². The Hall–Kier alpha value is -1.58. The van der Waals surface area contributed by atoms with E-state index in [1.807, 2.05) is 6.07 Å². The van der Waals surface area contributed by atoms with Gasteiger partial charge in [-0.3, -0.25) is 0 Å². The molecule has 1 unspecified atom stereocenters. The maximum atomic E-state index is 5.38. The van der Waals surface area contributed by atoms with E-state index < -0.39 is 0 Å². The number of fused-ring (bicyclic) bond motifs is 1. The summed E-state index contributed by atoms with van der Waals surface area (Å²) < 4.78 is 6.17. The average molecular weight is 330 g/mol. The number of nitrogens with one attached hydrogen (secondary N) is 1. The second-order valence-electron chi connectivity index (χ2n) is 4.75. The van der Waals surface area contributed by atoms with Crippen LogP contribution in [0.3, 0.4) is 0 Å². The Morgan fingerprint density at radius 3 is 2.60 bits per heavy atom. The van der Waals surface area contributed by atoms with Crippen molar-refractivity contribution >= 4 is 26.7 Å². The molecule has 20 heavy (non-hydrogen) atoms. The maximum absolute atomic E-state index is 5.38. The molecule has 0 aliphatic carbocycles. The summed E-state index contributed by atoms with van der Waals surface area (Å²) >= 11 is 3.48. The van der Waals surface area contributed by atoms with Crippen LogP contribution in [0.25, 0.3) is 10.8 Å². The van der Waals surface area contributed by atoms with Gasteiger partial charge in [-0.2, -0.15) is 0 Å². The second kappa shape index (κ2) is 5.81. The van der Waals surface area contributed by atoms with E-state index in [0.29, 0.717) is 0 Å². The first-order chi connectivity index (χ1) is 9.79. The van der Waals surface area contributed by atoms with Gasteiger partial charge in [0.25, 0.3) is 0 Å².